The molecule has 0 bridgehead atoms. The number of aromatic nitrogens is 6. The highest BCUT2D eigenvalue weighted by molar-refractivity contribution is 5.86. The van der Waals surface area contributed by atoms with Gasteiger partial charge >= 0.3 is 0 Å². The molecule has 2 aliphatic rings. The van der Waals surface area contributed by atoms with Crippen molar-refractivity contribution in [1.29, 1.82) is 0 Å². The lowest BCUT2D eigenvalue weighted by molar-refractivity contribution is 0.426. The van der Waals surface area contributed by atoms with Gasteiger partial charge in [-0.1, -0.05) is 86.2 Å². The summed E-state index contributed by atoms with van der Waals surface area (Å²) in [6, 6.07) is 16.5. The van der Waals surface area contributed by atoms with Crippen LogP contribution >= 0.6 is 0 Å². The molecule has 1 N–H and O–H groups in total. The zero-order valence-corrected chi connectivity index (χ0v) is 23.0. The van der Waals surface area contributed by atoms with Crippen LogP contribution in [0, 0.1) is 6.92 Å². The molecule has 0 radical (unpaired) electrons. The van der Waals surface area contributed by atoms with Crippen LogP contribution in [0.1, 0.15) is 42.4 Å². The highest BCUT2D eigenvalue weighted by Crippen LogP contribution is 2.30. The van der Waals surface area contributed by atoms with Crippen LogP contribution in [0.4, 0.5) is 0 Å². The van der Waals surface area contributed by atoms with Crippen molar-refractivity contribution in [1.82, 2.24) is 35.1 Å². The van der Waals surface area contributed by atoms with E-state index in [0.29, 0.717) is 24.0 Å². The van der Waals surface area contributed by atoms with Crippen LogP contribution in [0.25, 0.3) is 22.5 Å². The predicted molar refractivity (Wildman–Crippen MR) is 156 cm³/mol. The molecular weight excluding hydrogens is 500 g/mol. The molecule has 1 aliphatic carbocycles. The Bertz CT molecular complexity index is 1660. The van der Waals surface area contributed by atoms with Crippen LogP contribution in [-0.4, -0.2) is 60.2 Å². The van der Waals surface area contributed by atoms with E-state index in [9.17, 15) is 4.79 Å². The summed E-state index contributed by atoms with van der Waals surface area (Å²) in [5, 5.41) is 14.4. The van der Waals surface area contributed by atoms with Gasteiger partial charge in [0.15, 0.2) is 5.82 Å². The Hall–Kier alpha value is -4.66. The number of rotatable bonds is 7. The normalized spacial score (nSPS) is 17.8. The molecule has 2 unspecified atom stereocenters. The zero-order valence-electron chi connectivity index (χ0n) is 23.0. The average Bonchev–Trinajstić information content (AvgIpc) is 3.63. The Labute approximate surface area is 233 Å². The maximum absolute atomic E-state index is 14.1. The van der Waals surface area contributed by atoms with Crippen LogP contribution in [0.15, 0.2) is 82.6 Å². The van der Waals surface area contributed by atoms with E-state index in [1.54, 1.807) is 4.57 Å². The van der Waals surface area contributed by atoms with Crippen molar-refractivity contribution in [2.45, 2.75) is 51.6 Å². The first-order valence-electron chi connectivity index (χ1n) is 13.7. The summed E-state index contributed by atoms with van der Waals surface area (Å²) in [6.07, 6.45) is 11.6. The van der Waals surface area contributed by atoms with Gasteiger partial charge in [-0.05, 0) is 46.9 Å². The van der Waals surface area contributed by atoms with Crippen molar-refractivity contribution in [2.24, 2.45) is 4.99 Å². The molecular formula is C31H32N8O. The van der Waals surface area contributed by atoms with E-state index in [-0.39, 0.29) is 17.6 Å². The van der Waals surface area contributed by atoms with Crippen LogP contribution in [0.2, 0.25) is 0 Å². The molecule has 9 nitrogen and oxygen atoms in total. The SMILES string of the molecule is CCCCc1nc(C)n(C2=NC3C=CC=CC3N2C)c(=O)c1Cc1ccc(-c2ccccc2-c2nnn[nH]2)cc1. The van der Waals surface area contributed by atoms with Crippen molar-refractivity contribution in [3.8, 4) is 22.5 Å². The number of nitrogens with one attached hydrogen (secondary N) is 1. The third-order valence-electron chi connectivity index (χ3n) is 7.68. The maximum Gasteiger partial charge on any atom is 0.264 e. The Morgan fingerprint density at radius 1 is 1.00 bits per heavy atom. The zero-order chi connectivity index (χ0) is 27.6. The topological polar surface area (TPSA) is 105 Å². The second kappa shape index (κ2) is 10.8. The summed E-state index contributed by atoms with van der Waals surface area (Å²) in [6.45, 7) is 4.06. The first-order chi connectivity index (χ1) is 19.5. The van der Waals surface area contributed by atoms with Crippen molar-refractivity contribution in [3.05, 3.63) is 106 Å². The van der Waals surface area contributed by atoms with Crippen LogP contribution < -0.4 is 5.56 Å². The molecule has 3 heterocycles. The molecule has 2 aromatic heterocycles. The van der Waals surface area contributed by atoms with Gasteiger partial charge < -0.3 is 4.90 Å². The molecule has 202 valence electrons. The maximum atomic E-state index is 14.1. The van der Waals surface area contributed by atoms with E-state index >= 15 is 0 Å². The monoisotopic (exact) mass is 532 g/mol. The van der Waals surface area contributed by atoms with Crippen molar-refractivity contribution >= 4 is 5.96 Å². The first-order valence-corrected chi connectivity index (χ1v) is 13.7. The number of unbranched alkanes of at least 4 members (excludes halogenated alkanes) is 1. The lowest BCUT2D eigenvalue weighted by atomic mass is 9.96. The lowest BCUT2D eigenvalue weighted by Crippen LogP contribution is -2.43. The molecule has 2 aromatic carbocycles. The highest BCUT2D eigenvalue weighted by Gasteiger charge is 2.34. The number of fused-ring (bicyclic) bond motifs is 1. The predicted octanol–water partition coefficient (Wildman–Crippen LogP) is 4.34. The summed E-state index contributed by atoms with van der Waals surface area (Å²) in [7, 11) is 2.00. The smallest absolute Gasteiger partial charge is 0.264 e. The Morgan fingerprint density at radius 3 is 2.50 bits per heavy atom. The molecule has 0 saturated carbocycles. The number of aromatic amines is 1. The summed E-state index contributed by atoms with van der Waals surface area (Å²) in [4.78, 5) is 26.1. The molecule has 40 heavy (non-hydrogen) atoms. The van der Waals surface area contributed by atoms with E-state index in [1.807, 2.05) is 44.3 Å². The molecule has 0 saturated heterocycles. The third kappa shape index (κ3) is 4.68. The summed E-state index contributed by atoms with van der Waals surface area (Å²) in [5.41, 5.74) is 5.64. The van der Waals surface area contributed by atoms with Crippen LogP contribution in [-0.2, 0) is 12.8 Å². The number of benzene rings is 2. The minimum Gasteiger partial charge on any atom is -0.336 e. The fourth-order valence-electron chi connectivity index (χ4n) is 5.54. The summed E-state index contributed by atoms with van der Waals surface area (Å²) in [5.74, 6) is 1.95. The number of hydrogen-bond donors (Lipinski definition) is 1. The fraction of sp³-hybridized carbons (Fsp3) is 0.290. The summed E-state index contributed by atoms with van der Waals surface area (Å²) < 4.78 is 1.70. The number of aryl methyl sites for hydroxylation is 2. The molecule has 0 amide bonds. The summed E-state index contributed by atoms with van der Waals surface area (Å²) >= 11 is 0. The molecule has 0 fully saturated rings. The van der Waals surface area contributed by atoms with Crippen LogP contribution in [0.3, 0.4) is 0 Å². The molecule has 1 aliphatic heterocycles. The number of allylic oxidation sites excluding steroid dienone is 2. The van der Waals surface area contributed by atoms with Crippen molar-refractivity contribution in [3.63, 3.8) is 0 Å². The second-order valence-corrected chi connectivity index (χ2v) is 10.3. The van der Waals surface area contributed by atoms with Gasteiger partial charge in [0.25, 0.3) is 5.56 Å². The van der Waals surface area contributed by atoms with Gasteiger partial charge in [0.05, 0.1) is 17.8 Å². The van der Waals surface area contributed by atoms with E-state index < -0.39 is 0 Å². The minimum absolute atomic E-state index is 0.00248. The van der Waals surface area contributed by atoms with E-state index in [4.69, 9.17) is 9.98 Å². The number of aliphatic imine (C=N–C) groups is 1. The average molecular weight is 533 g/mol. The molecule has 6 rings (SSSR count). The van der Waals surface area contributed by atoms with E-state index in [0.717, 1.165) is 52.8 Å². The second-order valence-electron chi connectivity index (χ2n) is 10.3. The fourth-order valence-corrected chi connectivity index (χ4v) is 5.54. The highest BCUT2D eigenvalue weighted by atomic mass is 16.1. The van der Waals surface area contributed by atoms with Crippen LogP contribution in [0.5, 0.6) is 0 Å². The standard InChI is InChI=1S/C31H32N8O/c1-4-5-12-26-25(30(40)39(20(2)32-26)31-33-27-13-8-9-14-28(27)38(31)3)19-21-15-17-22(18-16-21)23-10-6-7-11-24(23)29-34-36-37-35-29/h6-11,13-18,27-28H,4-5,12,19H2,1-3H3,(H,34,35,36,37). The number of likely N-dealkylation sites (N-methyl/N-ethyl adjacent to an activating group) is 1. The number of hydrogen-bond acceptors (Lipinski definition) is 7. The number of H-pyrrole nitrogens is 1. The molecule has 4 aromatic rings. The first kappa shape index (κ1) is 25.6. The van der Waals surface area contributed by atoms with Gasteiger partial charge in [-0.3, -0.25) is 4.79 Å². The Balaban J connectivity index is 1.36. The van der Waals surface area contributed by atoms with Gasteiger partial charge in [0.1, 0.15) is 5.82 Å². The van der Waals surface area contributed by atoms with Crippen molar-refractivity contribution < 1.29 is 0 Å². The molecule has 2 atom stereocenters. The van der Waals surface area contributed by atoms with Gasteiger partial charge in [-0.25, -0.2) is 19.6 Å². The largest absolute Gasteiger partial charge is 0.336 e. The van der Waals surface area contributed by atoms with Gasteiger partial charge in [-0.15, -0.1) is 5.10 Å². The molecule has 0 spiro atoms. The van der Waals surface area contributed by atoms with Crippen molar-refractivity contribution in [2.75, 3.05) is 7.05 Å². The lowest BCUT2D eigenvalue weighted by Gasteiger charge is -2.25. The van der Waals surface area contributed by atoms with Gasteiger partial charge in [-0.2, -0.15) is 0 Å². The Morgan fingerprint density at radius 2 is 1.77 bits per heavy atom. The minimum atomic E-state index is -0.0388. The molecule has 9 heteroatoms. The van der Waals surface area contributed by atoms with E-state index in [2.05, 4.69) is 74.9 Å². The number of tetrazole rings is 1. The van der Waals surface area contributed by atoms with Gasteiger partial charge in [0.2, 0.25) is 5.96 Å². The van der Waals surface area contributed by atoms with Gasteiger partial charge in [0, 0.05) is 24.6 Å². The number of nitrogens with zero attached hydrogens (tertiary/aromatic N) is 7. The quantitative estimate of drug-likeness (QED) is 0.380. The Kier molecular flexibility index (Phi) is 6.94. The third-order valence-corrected chi connectivity index (χ3v) is 7.68. The van der Waals surface area contributed by atoms with E-state index in [1.165, 1.54) is 0 Å².